The first kappa shape index (κ1) is 25.3. The number of halogens is 2. The zero-order valence-corrected chi connectivity index (χ0v) is 22.9. The molecule has 0 heterocycles. The summed E-state index contributed by atoms with van der Waals surface area (Å²) in [5.41, 5.74) is 3.52. The second kappa shape index (κ2) is 12.8. The molecular weight excluding hydrogens is 508 g/mol. The highest BCUT2D eigenvalue weighted by atomic mass is 79.9. The molecule has 0 saturated heterocycles. The second-order valence-electron chi connectivity index (χ2n) is 9.89. The molecule has 2 unspecified atom stereocenters. The van der Waals surface area contributed by atoms with Gasteiger partial charge in [-0.3, -0.25) is 0 Å². The van der Waals surface area contributed by atoms with Crippen molar-refractivity contribution in [1.29, 1.82) is 0 Å². The zero-order valence-electron chi connectivity index (χ0n) is 19.8. The Kier molecular flexibility index (Phi) is 10.4. The Morgan fingerprint density at radius 1 is 0.774 bits per heavy atom. The molecule has 2 aliphatic carbocycles. The summed E-state index contributed by atoms with van der Waals surface area (Å²) < 4.78 is 2.52. The summed E-state index contributed by atoms with van der Waals surface area (Å²) >= 11 is 7.63. The van der Waals surface area contributed by atoms with Gasteiger partial charge < -0.3 is 0 Å². The largest absolute Gasteiger partial charge is 0.0753 e. The molecule has 0 N–H and O–H groups in total. The number of unbranched alkanes of at least 4 members (excludes halogenated alkanes) is 10. The van der Waals surface area contributed by atoms with E-state index in [0.717, 1.165) is 0 Å². The zero-order chi connectivity index (χ0) is 22.1. The quantitative estimate of drug-likeness (QED) is 0.202. The summed E-state index contributed by atoms with van der Waals surface area (Å²) in [7, 11) is 0. The summed E-state index contributed by atoms with van der Waals surface area (Å²) in [6.45, 7) is 4.62. The van der Waals surface area contributed by atoms with Crippen molar-refractivity contribution in [3.8, 4) is 0 Å². The average Bonchev–Trinajstić information content (AvgIpc) is 3.02. The van der Waals surface area contributed by atoms with Gasteiger partial charge in [-0.05, 0) is 42.0 Å². The lowest BCUT2D eigenvalue weighted by molar-refractivity contribution is 0.263. The highest BCUT2D eigenvalue weighted by Gasteiger charge is 2.50. The molecule has 2 aliphatic rings. The van der Waals surface area contributed by atoms with E-state index in [1.54, 1.807) is 11.1 Å². The van der Waals surface area contributed by atoms with Crippen LogP contribution in [0.4, 0.5) is 0 Å². The molecule has 3 rings (SSSR count). The van der Waals surface area contributed by atoms with Crippen LogP contribution in [0.3, 0.4) is 0 Å². The van der Waals surface area contributed by atoms with Gasteiger partial charge in [-0.2, -0.15) is 0 Å². The lowest BCUT2D eigenvalue weighted by Gasteiger charge is -2.38. The SMILES string of the molecule is CCCCCCCCC1(CCCCCCCC)c2cc(Br)ccc2C2C=CC(Br)=CC21. The Labute approximate surface area is 208 Å². The van der Waals surface area contributed by atoms with E-state index in [9.17, 15) is 0 Å². The van der Waals surface area contributed by atoms with Gasteiger partial charge in [0.05, 0.1) is 0 Å². The van der Waals surface area contributed by atoms with E-state index in [4.69, 9.17) is 0 Å². The van der Waals surface area contributed by atoms with Gasteiger partial charge in [-0.1, -0.05) is 147 Å². The van der Waals surface area contributed by atoms with Gasteiger partial charge in [0.15, 0.2) is 0 Å². The molecule has 1 aromatic rings. The van der Waals surface area contributed by atoms with Crippen molar-refractivity contribution in [1.82, 2.24) is 0 Å². The van der Waals surface area contributed by atoms with E-state index in [1.807, 2.05) is 0 Å². The Bertz CT molecular complexity index is 729. The molecule has 0 spiro atoms. The average molecular weight is 550 g/mol. The number of allylic oxidation sites excluding steroid dienone is 4. The van der Waals surface area contributed by atoms with Crippen molar-refractivity contribution >= 4 is 31.9 Å². The smallest absolute Gasteiger partial charge is 0.0178 e. The van der Waals surface area contributed by atoms with E-state index >= 15 is 0 Å². The van der Waals surface area contributed by atoms with Crippen molar-refractivity contribution in [2.45, 2.75) is 115 Å². The first-order valence-corrected chi connectivity index (χ1v) is 14.6. The van der Waals surface area contributed by atoms with Gasteiger partial charge in [-0.25, -0.2) is 0 Å². The molecule has 0 bridgehead atoms. The number of hydrogen-bond donors (Lipinski definition) is 0. The number of benzene rings is 1. The van der Waals surface area contributed by atoms with Crippen LogP contribution in [-0.2, 0) is 5.41 Å². The van der Waals surface area contributed by atoms with Crippen molar-refractivity contribution in [2.75, 3.05) is 0 Å². The van der Waals surface area contributed by atoms with Crippen LogP contribution < -0.4 is 0 Å². The van der Waals surface area contributed by atoms with E-state index in [1.165, 1.54) is 98.8 Å². The van der Waals surface area contributed by atoms with Crippen LogP contribution in [0.2, 0.25) is 0 Å². The summed E-state index contributed by atoms with van der Waals surface area (Å²) in [5, 5.41) is 0. The Balaban J connectivity index is 1.80. The second-order valence-corrected chi connectivity index (χ2v) is 11.7. The standard InChI is InChI=1S/C29H42Br2/c1-3-5-7-9-11-13-19-29(20-14-12-10-8-6-4-2)27-21-23(30)15-17-25(27)26-18-16-24(31)22-28(26)29/h15-18,21-22,25,27H,3-14,19-20H2,1-2H3. The molecule has 0 amide bonds. The van der Waals surface area contributed by atoms with Crippen LogP contribution in [-0.4, -0.2) is 0 Å². The molecule has 2 atom stereocenters. The van der Waals surface area contributed by atoms with Crippen LogP contribution in [0.25, 0.3) is 0 Å². The van der Waals surface area contributed by atoms with E-state index in [0.29, 0.717) is 17.3 Å². The monoisotopic (exact) mass is 548 g/mol. The molecular formula is C29H42Br2. The van der Waals surface area contributed by atoms with Crippen LogP contribution in [0.1, 0.15) is 121 Å². The minimum Gasteiger partial charge on any atom is -0.0753 e. The predicted molar refractivity (Wildman–Crippen MR) is 144 cm³/mol. The molecule has 0 saturated carbocycles. The van der Waals surface area contributed by atoms with Crippen molar-refractivity contribution in [3.63, 3.8) is 0 Å². The molecule has 0 nitrogen and oxygen atoms in total. The fourth-order valence-electron chi connectivity index (χ4n) is 6.05. The van der Waals surface area contributed by atoms with Crippen molar-refractivity contribution < 1.29 is 0 Å². The maximum absolute atomic E-state index is 3.82. The molecule has 172 valence electrons. The molecule has 2 heteroatoms. The van der Waals surface area contributed by atoms with Crippen molar-refractivity contribution in [3.05, 3.63) is 56.5 Å². The minimum atomic E-state index is 0.295. The lowest BCUT2D eigenvalue weighted by Crippen LogP contribution is -2.32. The van der Waals surface area contributed by atoms with E-state index in [-0.39, 0.29) is 0 Å². The van der Waals surface area contributed by atoms with Gasteiger partial charge >= 0.3 is 0 Å². The predicted octanol–water partition coefficient (Wildman–Crippen LogP) is 10.8. The third-order valence-corrected chi connectivity index (χ3v) is 8.71. The van der Waals surface area contributed by atoms with Gasteiger partial charge in [0.1, 0.15) is 0 Å². The third kappa shape index (κ3) is 6.38. The highest BCUT2D eigenvalue weighted by Crippen LogP contribution is 2.58. The summed E-state index contributed by atoms with van der Waals surface area (Å²) in [4.78, 5) is 0. The molecule has 1 aromatic carbocycles. The topological polar surface area (TPSA) is 0 Å². The number of fused-ring (bicyclic) bond motifs is 3. The van der Waals surface area contributed by atoms with E-state index in [2.05, 4.69) is 82.1 Å². The Morgan fingerprint density at radius 2 is 1.35 bits per heavy atom. The maximum Gasteiger partial charge on any atom is 0.0178 e. The van der Waals surface area contributed by atoms with Gasteiger partial charge in [-0.15, -0.1) is 0 Å². The van der Waals surface area contributed by atoms with E-state index < -0.39 is 0 Å². The molecule has 0 aliphatic heterocycles. The number of rotatable bonds is 14. The summed E-state index contributed by atoms with van der Waals surface area (Å²) in [6, 6.07) is 7.12. The lowest BCUT2D eigenvalue weighted by atomic mass is 9.65. The first-order chi connectivity index (χ1) is 15.1. The minimum absolute atomic E-state index is 0.295. The third-order valence-electron chi connectivity index (χ3n) is 7.69. The fraction of sp³-hybridized carbons (Fsp3) is 0.655. The Hall–Kier alpha value is -0.340. The normalized spacial score (nSPS) is 21.1. The van der Waals surface area contributed by atoms with Gasteiger partial charge in [0.2, 0.25) is 0 Å². The highest BCUT2D eigenvalue weighted by molar-refractivity contribution is 9.12. The van der Waals surface area contributed by atoms with Crippen molar-refractivity contribution in [2.24, 2.45) is 5.92 Å². The van der Waals surface area contributed by atoms with Crippen LogP contribution in [0.5, 0.6) is 0 Å². The Morgan fingerprint density at radius 3 is 1.97 bits per heavy atom. The summed E-state index contributed by atoms with van der Waals surface area (Å²) in [5.74, 6) is 1.15. The van der Waals surface area contributed by atoms with Gasteiger partial charge in [0.25, 0.3) is 0 Å². The molecule has 0 aromatic heterocycles. The first-order valence-electron chi connectivity index (χ1n) is 13.0. The molecule has 0 radical (unpaired) electrons. The van der Waals surface area contributed by atoms with Crippen LogP contribution in [0.15, 0.2) is 45.4 Å². The fourth-order valence-corrected chi connectivity index (χ4v) is 6.84. The van der Waals surface area contributed by atoms with Gasteiger partial charge in [0, 0.05) is 20.3 Å². The maximum atomic E-state index is 3.82. The van der Waals surface area contributed by atoms with Crippen LogP contribution >= 0.6 is 31.9 Å². The molecule has 31 heavy (non-hydrogen) atoms. The molecule has 0 fully saturated rings. The van der Waals surface area contributed by atoms with Crippen LogP contribution in [0, 0.1) is 5.92 Å². The number of hydrogen-bond acceptors (Lipinski definition) is 0. The summed E-state index contributed by atoms with van der Waals surface area (Å²) in [6.07, 6.45) is 26.5.